The Morgan fingerprint density at radius 3 is 2.39 bits per heavy atom. The van der Waals surface area contributed by atoms with Crippen molar-refractivity contribution in [2.45, 2.75) is 25.7 Å². The van der Waals surface area contributed by atoms with Crippen molar-refractivity contribution in [1.29, 1.82) is 0 Å². The standard InChI is InChI=1S/C11H20F2N2O3/c1-4-18-10(17)11(12,13)9(16)14-7-5-6-8-15(2)3/h4-8H2,1-3H3,(H,14,16). The molecule has 0 fully saturated rings. The summed E-state index contributed by atoms with van der Waals surface area (Å²) in [5, 5.41) is 2.03. The lowest BCUT2D eigenvalue weighted by molar-refractivity contribution is -0.177. The van der Waals surface area contributed by atoms with E-state index in [9.17, 15) is 18.4 Å². The molecule has 5 nitrogen and oxygen atoms in total. The molecule has 106 valence electrons. The first-order valence-electron chi connectivity index (χ1n) is 5.80. The van der Waals surface area contributed by atoms with Crippen LogP contribution in [0.5, 0.6) is 0 Å². The van der Waals surface area contributed by atoms with Crippen LogP contribution in [0.3, 0.4) is 0 Å². The Balaban J connectivity index is 3.97. The van der Waals surface area contributed by atoms with Crippen LogP contribution in [-0.4, -0.2) is 56.5 Å². The van der Waals surface area contributed by atoms with Gasteiger partial charge in [0.15, 0.2) is 0 Å². The minimum Gasteiger partial charge on any atom is -0.461 e. The molecule has 0 aromatic rings. The number of carbonyl (C=O) groups excluding carboxylic acids is 2. The van der Waals surface area contributed by atoms with Crippen molar-refractivity contribution in [3.05, 3.63) is 0 Å². The average molecular weight is 266 g/mol. The van der Waals surface area contributed by atoms with Crippen molar-refractivity contribution in [2.75, 3.05) is 33.8 Å². The minimum atomic E-state index is -4.11. The molecule has 0 aromatic heterocycles. The third-order valence-electron chi connectivity index (χ3n) is 2.13. The van der Waals surface area contributed by atoms with E-state index in [2.05, 4.69) is 4.74 Å². The number of esters is 1. The second-order valence-electron chi connectivity index (χ2n) is 4.06. The first kappa shape index (κ1) is 16.8. The van der Waals surface area contributed by atoms with E-state index in [1.54, 1.807) is 0 Å². The number of ether oxygens (including phenoxy) is 1. The maximum absolute atomic E-state index is 13.1. The number of nitrogens with zero attached hydrogens (tertiary/aromatic N) is 1. The Morgan fingerprint density at radius 1 is 1.28 bits per heavy atom. The Kier molecular flexibility index (Phi) is 7.42. The number of halogens is 2. The van der Waals surface area contributed by atoms with Gasteiger partial charge in [0.05, 0.1) is 6.61 Å². The summed E-state index contributed by atoms with van der Waals surface area (Å²) in [6, 6.07) is 0. The van der Waals surface area contributed by atoms with E-state index in [0.717, 1.165) is 13.0 Å². The topological polar surface area (TPSA) is 58.6 Å². The van der Waals surface area contributed by atoms with Gasteiger partial charge in [-0.25, -0.2) is 4.79 Å². The molecule has 0 saturated heterocycles. The summed E-state index contributed by atoms with van der Waals surface area (Å²) in [7, 11) is 3.79. The van der Waals surface area contributed by atoms with E-state index >= 15 is 0 Å². The second-order valence-corrected chi connectivity index (χ2v) is 4.06. The molecule has 0 saturated carbocycles. The van der Waals surface area contributed by atoms with E-state index in [1.807, 2.05) is 24.3 Å². The third kappa shape index (κ3) is 5.90. The summed E-state index contributed by atoms with van der Waals surface area (Å²) in [5.41, 5.74) is 0. The monoisotopic (exact) mass is 266 g/mol. The largest absolute Gasteiger partial charge is 0.461 e. The molecule has 0 aliphatic carbocycles. The molecule has 1 N–H and O–H groups in total. The highest BCUT2D eigenvalue weighted by Gasteiger charge is 2.48. The Bertz CT molecular complexity index is 283. The van der Waals surface area contributed by atoms with E-state index in [1.165, 1.54) is 6.92 Å². The zero-order chi connectivity index (χ0) is 14.2. The third-order valence-corrected chi connectivity index (χ3v) is 2.13. The Labute approximate surface area is 105 Å². The number of amides is 1. The number of unbranched alkanes of at least 4 members (excludes halogenated alkanes) is 1. The van der Waals surface area contributed by atoms with Gasteiger partial charge in [-0.3, -0.25) is 4.79 Å². The van der Waals surface area contributed by atoms with Gasteiger partial charge in [-0.15, -0.1) is 0 Å². The van der Waals surface area contributed by atoms with E-state index in [4.69, 9.17) is 0 Å². The molecule has 0 atom stereocenters. The fraction of sp³-hybridized carbons (Fsp3) is 0.818. The summed E-state index contributed by atoms with van der Waals surface area (Å²) in [5.74, 6) is -7.53. The van der Waals surface area contributed by atoms with Crippen LogP contribution in [0, 0.1) is 0 Å². The van der Waals surface area contributed by atoms with Crippen LogP contribution in [0.1, 0.15) is 19.8 Å². The molecular formula is C11H20F2N2O3. The maximum atomic E-state index is 13.1. The van der Waals surface area contributed by atoms with Crippen LogP contribution >= 0.6 is 0 Å². The molecule has 0 aliphatic rings. The number of nitrogens with one attached hydrogen (secondary N) is 1. The average Bonchev–Trinajstić information content (AvgIpc) is 2.28. The Morgan fingerprint density at radius 2 is 1.89 bits per heavy atom. The quantitative estimate of drug-likeness (QED) is 0.398. The van der Waals surface area contributed by atoms with Gasteiger partial charge in [-0.1, -0.05) is 0 Å². The highest BCUT2D eigenvalue weighted by Crippen LogP contribution is 2.15. The van der Waals surface area contributed by atoms with Gasteiger partial charge in [-0.2, -0.15) is 8.78 Å². The van der Waals surface area contributed by atoms with Crippen molar-refractivity contribution in [3.63, 3.8) is 0 Å². The van der Waals surface area contributed by atoms with Gasteiger partial charge in [-0.05, 0) is 40.4 Å². The van der Waals surface area contributed by atoms with Crippen molar-refractivity contribution in [3.8, 4) is 0 Å². The summed E-state index contributed by atoms with van der Waals surface area (Å²) >= 11 is 0. The van der Waals surface area contributed by atoms with Crippen LogP contribution in [0.25, 0.3) is 0 Å². The Hall–Kier alpha value is -1.24. The van der Waals surface area contributed by atoms with E-state index in [0.29, 0.717) is 6.42 Å². The molecule has 7 heteroatoms. The van der Waals surface area contributed by atoms with Crippen molar-refractivity contribution in [2.24, 2.45) is 0 Å². The van der Waals surface area contributed by atoms with Gasteiger partial charge in [0.25, 0.3) is 0 Å². The number of hydrogen-bond donors (Lipinski definition) is 1. The first-order valence-corrected chi connectivity index (χ1v) is 5.80. The number of hydrogen-bond acceptors (Lipinski definition) is 4. The van der Waals surface area contributed by atoms with Crippen LogP contribution in [0.15, 0.2) is 0 Å². The molecule has 1 amide bonds. The van der Waals surface area contributed by atoms with E-state index < -0.39 is 17.8 Å². The lowest BCUT2D eigenvalue weighted by atomic mass is 10.2. The van der Waals surface area contributed by atoms with Crippen molar-refractivity contribution in [1.82, 2.24) is 10.2 Å². The predicted octanol–water partition coefficient (Wildman–Crippen LogP) is 0.643. The fourth-order valence-electron chi connectivity index (χ4n) is 1.18. The van der Waals surface area contributed by atoms with Crippen LogP contribution in [-0.2, 0) is 14.3 Å². The summed E-state index contributed by atoms with van der Waals surface area (Å²) < 4.78 is 30.4. The van der Waals surface area contributed by atoms with Gasteiger partial charge < -0.3 is 15.0 Å². The molecule has 0 rings (SSSR count). The smallest absolute Gasteiger partial charge is 0.418 e. The fourth-order valence-corrected chi connectivity index (χ4v) is 1.18. The molecular weight excluding hydrogens is 246 g/mol. The maximum Gasteiger partial charge on any atom is 0.418 e. The molecule has 0 spiro atoms. The molecule has 0 bridgehead atoms. The molecule has 0 aliphatic heterocycles. The SMILES string of the molecule is CCOC(=O)C(F)(F)C(=O)NCCCCN(C)C. The molecule has 0 aromatic carbocycles. The lowest BCUT2D eigenvalue weighted by Crippen LogP contribution is -2.47. The van der Waals surface area contributed by atoms with Gasteiger partial charge in [0, 0.05) is 6.54 Å². The van der Waals surface area contributed by atoms with Crippen LogP contribution < -0.4 is 5.32 Å². The van der Waals surface area contributed by atoms with Crippen molar-refractivity contribution >= 4 is 11.9 Å². The summed E-state index contributed by atoms with van der Waals surface area (Å²) in [6.07, 6.45) is 1.35. The molecule has 18 heavy (non-hydrogen) atoms. The highest BCUT2D eigenvalue weighted by atomic mass is 19.3. The first-order chi connectivity index (χ1) is 8.32. The van der Waals surface area contributed by atoms with Crippen LogP contribution in [0.4, 0.5) is 8.78 Å². The second kappa shape index (κ2) is 7.97. The van der Waals surface area contributed by atoms with Gasteiger partial charge in [0.1, 0.15) is 0 Å². The van der Waals surface area contributed by atoms with Gasteiger partial charge in [0.2, 0.25) is 0 Å². The number of alkyl halides is 2. The lowest BCUT2D eigenvalue weighted by Gasteiger charge is -2.14. The van der Waals surface area contributed by atoms with Crippen molar-refractivity contribution < 1.29 is 23.1 Å². The molecule has 0 heterocycles. The normalized spacial score (nSPS) is 11.4. The molecule has 0 unspecified atom stereocenters. The number of carbonyl (C=O) groups is 2. The van der Waals surface area contributed by atoms with Crippen LogP contribution in [0.2, 0.25) is 0 Å². The zero-order valence-corrected chi connectivity index (χ0v) is 11.0. The molecule has 0 radical (unpaired) electrons. The number of rotatable bonds is 8. The summed E-state index contributed by atoms with van der Waals surface area (Å²) in [6.45, 7) is 2.13. The minimum absolute atomic E-state index is 0.113. The predicted molar refractivity (Wildman–Crippen MR) is 62.4 cm³/mol. The zero-order valence-electron chi connectivity index (χ0n) is 11.0. The summed E-state index contributed by atoms with van der Waals surface area (Å²) in [4.78, 5) is 23.9. The van der Waals surface area contributed by atoms with E-state index in [-0.39, 0.29) is 13.2 Å². The van der Waals surface area contributed by atoms with Gasteiger partial charge >= 0.3 is 17.8 Å². The highest BCUT2D eigenvalue weighted by molar-refractivity contribution is 6.04.